The third kappa shape index (κ3) is 10.1. The fourth-order valence-electron chi connectivity index (χ4n) is 4.45. The smallest absolute Gasteiger partial charge is 0.234 e. The summed E-state index contributed by atoms with van der Waals surface area (Å²) in [6, 6.07) is 4.35. The van der Waals surface area contributed by atoms with Gasteiger partial charge in [0.15, 0.2) is 5.96 Å². The lowest BCUT2D eigenvalue weighted by molar-refractivity contribution is -0.122. The van der Waals surface area contributed by atoms with Crippen LogP contribution in [0.5, 0.6) is 0 Å². The molecule has 7 nitrogen and oxygen atoms in total. The maximum atomic E-state index is 12.0. The molecule has 1 saturated heterocycles. The summed E-state index contributed by atoms with van der Waals surface area (Å²) < 4.78 is 5.45. The Bertz CT molecular complexity index is 653. The summed E-state index contributed by atoms with van der Waals surface area (Å²) in [5.74, 6) is 2.79. The molecule has 0 aromatic carbocycles. The average Bonchev–Trinajstić information content (AvgIpc) is 3.31. The quantitative estimate of drug-likeness (QED) is 0.232. The lowest BCUT2D eigenvalue weighted by Crippen LogP contribution is -2.50. The molecule has 0 atom stereocenters. The molecule has 8 heteroatoms. The van der Waals surface area contributed by atoms with Gasteiger partial charge in [-0.1, -0.05) is 26.2 Å². The summed E-state index contributed by atoms with van der Waals surface area (Å²) in [6.45, 7) is 6.96. The lowest BCUT2D eigenvalue weighted by Gasteiger charge is -2.32. The monoisotopic (exact) mass is 559 g/mol. The second kappa shape index (κ2) is 15.5. The zero-order chi connectivity index (χ0) is 21.7. The first kappa shape index (κ1) is 27.0. The largest absolute Gasteiger partial charge is 0.469 e. The second-order valence-electron chi connectivity index (χ2n) is 8.99. The first-order valence-electron chi connectivity index (χ1n) is 12.3. The van der Waals surface area contributed by atoms with Gasteiger partial charge in [-0.15, -0.1) is 24.0 Å². The van der Waals surface area contributed by atoms with Gasteiger partial charge in [0.05, 0.1) is 12.8 Å². The van der Waals surface area contributed by atoms with Crippen molar-refractivity contribution in [3.05, 3.63) is 24.2 Å². The van der Waals surface area contributed by atoms with Crippen LogP contribution in [-0.4, -0.2) is 62.1 Å². The number of hydrogen-bond donors (Lipinski definition) is 3. The van der Waals surface area contributed by atoms with Crippen molar-refractivity contribution < 1.29 is 9.21 Å². The fraction of sp³-hybridized carbons (Fsp3) is 0.750. The highest BCUT2D eigenvalue weighted by atomic mass is 127. The minimum atomic E-state index is 0. The van der Waals surface area contributed by atoms with Crippen LogP contribution in [0.25, 0.3) is 0 Å². The van der Waals surface area contributed by atoms with Crippen LogP contribution in [-0.2, 0) is 11.2 Å². The Morgan fingerprint density at radius 1 is 1.12 bits per heavy atom. The maximum Gasteiger partial charge on any atom is 0.234 e. The van der Waals surface area contributed by atoms with Gasteiger partial charge in [0.2, 0.25) is 5.91 Å². The predicted molar refractivity (Wildman–Crippen MR) is 141 cm³/mol. The number of nitrogens with one attached hydrogen (secondary N) is 3. The second-order valence-corrected chi connectivity index (χ2v) is 8.99. The number of rotatable bonds is 10. The lowest BCUT2D eigenvalue weighted by atomic mass is 9.89. The van der Waals surface area contributed by atoms with E-state index in [-0.39, 0.29) is 29.9 Å². The van der Waals surface area contributed by atoms with Crippen molar-refractivity contribution in [3.8, 4) is 0 Å². The normalized spacial score (nSPS) is 18.7. The maximum absolute atomic E-state index is 12.0. The molecule has 2 heterocycles. The van der Waals surface area contributed by atoms with Crippen LogP contribution in [0.3, 0.4) is 0 Å². The number of hydrogen-bond acceptors (Lipinski definition) is 4. The summed E-state index contributed by atoms with van der Waals surface area (Å²) in [4.78, 5) is 19.2. The van der Waals surface area contributed by atoms with Crippen LogP contribution in [0.15, 0.2) is 27.8 Å². The molecule has 1 aromatic heterocycles. The topological polar surface area (TPSA) is 81.9 Å². The Kier molecular flexibility index (Phi) is 13.1. The molecule has 1 aliphatic carbocycles. The van der Waals surface area contributed by atoms with Crippen molar-refractivity contribution in [1.82, 2.24) is 20.9 Å². The summed E-state index contributed by atoms with van der Waals surface area (Å²) >= 11 is 0. The van der Waals surface area contributed by atoms with E-state index in [0.29, 0.717) is 12.6 Å². The summed E-state index contributed by atoms with van der Waals surface area (Å²) in [6.07, 6.45) is 12.3. The van der Waals surface area contributed by atoms with Gasteiger partial charge >= 0.3 is 0 Å². The molecule has 0 radical (unpaired) electrons. The SMILES string of the molecule is CCCNC(=O)CN1CCC(NC(=NCC2CCCCC2)NCCc2ccco2)CC1.I. The molecule has 2 fully saturated rings. The van der Waals surface area contributed by atoms with E-state index in [0.717, 1.165) is 76.0 Å². The first-order valence-corrected chi connectivity index (χ1v) is 12.3. The van der Waals surface area contributed by atoms with Gasteiger partial charge in [0.25, 0.3) is 0 Å². The van der Waals surface area contributed by atoms with Gasteiger partial charge < -0.3 is 20.4 Å². The molecule has 1 saturated carbocycles. The van der Waals surface area contributed by atoms with E-state index in [1.807, 2.05) is 12.1 Å². The third-order valence-corrected chi connectivity index (χ3v) is 6.34. The number of likely N-dealkylation sites (tertiary alicyclic amines) is 1. The van der Waals surface area contributed by atoms with Gasteiger partial charge in [-0.05, 0) is 50.2 Å². The number of halogens is 1. The van der Waals surface area contributed by atoms with Crippen molar-refractivity contribution in [1.29, 1.82) is 0 Å². The van der Waals surface area contributed by atoms with E-state index in [4.69, 9.17) is 9.41 Å². The standard InChI is InChI=1S/C24H41N5O2.HI/c1-2-13-25-23(30)19-29-15-11-21(12-16-29)28-24(26-14-10-22-9-6-17-31-22)27-18-20-7-4-3-5-8-20;/h6,9,17,20-21H,2-5,7-8,10-16,18-19H2,1H3,(H,25,30)(H2,26,27,28);1H. The van der Waals surface area contributed by atoms with E-state index < -0.39 is 0 Å². The van der Waals surface area contributed by atoms with E-state index in [1.165, 1.54) is 32.1 Å². The molecule has 0 spiro atoms. The predicted octanol–water partition coefficient (Wildman–Crippen LogP) is 3.55. The molecular weight excluding hydrogens is 517 g/mol. The molecular formula is C24H42IN5O2. The molecule has 0 bridgehead atoms. The van der Waals surface area contributed by atoms with E-state index in [2.05, 4.69) is 27.8 Å². The van der Waals surface area contributed by atoms with E-state index in [1.54, 1.807) is 6.26 Å². The van der Waals surface area contributed by atoms with Crippen LogP contribution in [0.1, 0.15) is 64.1 Å². The van der Waals surface area contributed by atoms with Gasteiger partial charge in [-0.25, -0.2) is 0 Å². The number of aliphatic imine (C=N–C) groups is 1. The highest BCUT2D eigenvalue weighted by Crippen LogP contribution is 2.23. The number of guanidine groups is 1. The van der Waals surface area contributed by atoms with Crippen LogP contribution < -0.4 is 16.0 Å². The average molecular weight is 560 g/mol. The Morgan fingerprint density at radius 3 is 2.59 bits per heavy atom. The fourth-order valence-corrected chi connectivity index (χ4v) is 4.45. The highest BCUT2D eigenvalue weighted by Gasteiger charge is 2.22. The number of amides is 1. The minimum absolute atomic E-state index is 0. The van der Waals surface area contributed by atoms with Gasteiger partial charge in [0.1, 0.15) is 5.76 Å². The molecule has 1 amide bonds. The van der Waals surface area contributed by atoms with Crippen molar-refractivity contribution in [2.24, 2.45) is 10.9 Å². The van der Waals surface area contributed by atoms with Crippen LogP contribution in [0.2, 0.25) is 0 Å². The Balaban J connectivity index is 0.00000363. The van der Waals surface area contributed by atoms with Crippen molar-refractivity contribution in [3.63, 3.8) is 0 Å². The van der Waals surface area contributed by atoms with Crippen molar-refractivity contribution >= 4 is 35.8 Å². The highest BCUT2D eigenvalue weighted by molar-refractivity contribution is 14.0. The first-order chi connectivity index (χ1) is 15.2. The Morgan fingerprint density at radius 2 is 1.91 bits per heavy atom. The molecule has 182 valence electrons. The Hall–Kier alpha value is -1.29. The van der Waals surface area contributed by atoms with E-state index in [9.17, 15) is 4.79 Å². The summed E-state index contributed by atoms with van der Waals surface area (Å²) in [5, 5.41) is 10.2. The summed E-state index contributed by atoms with van der Waals surface area (Å²) in [5.41, 5.74) is 0. The van der Waals surface area contributed by atoms with Gasteiger partial charge in [-0.3, -0.25) is 14.7 Å². The number of carbonyl (C=O) groups is 1. The van der Waals surface area contributed by atoms with Crippen LogP contribution in [0, 0.1) is 5.92 Å². The molecule has 3 N–H and O–H groups in total. The van der Waals surface area contributed by atoms with Crippen LogP contribution >= 0.6 is 24.0 Å². The minimum Gasteiger partial charge on any atom is -0.469 e. The molecule has 1 aliphatic heterocycles. The molecule has 3 rings (SSSR count). The molecule has 2 aliphatic rings. The number of piperidine rings is 1. The number of carbonyl (C=O) groups excluding carboxylic acids is 1. The molecule has 1 aromatic rings. The van der Waals surface area contributed by atoms with Crippen molar-refractivity contribution in [2.75, 3.05) is 39.3 Å². The molecule has 32 heavy (non-hydrogen) atoms. The van der Waals surface area contributed by atoms with Crippen molar-refractivity contribution in [2.45, 2.75) is 70.8 Å². The van der Waals surface area contributed by atoms with Crippen LogP contribution in [0.4, 0.5) is 0 Å². The van der Waals surface area contributed by atoms with E-state index >= 15 is 0 Å². The molecule has 0 unspecified atom stereocenters. The number of furan rings is 1. The third-order valence-electron chi connectivity index (χ3n) is 6.34. The Labute approximate surface area is 210 Å². The van der Waals surface area contributed by atoms with Gasteiger partial charge in [0, 0.05) is 45.2 Å². The zero-order valence-corrected chi connectivity index (χ0v) is 21.9. The summed E-state index contributed by atoms with van der Waals surface area (Å²) in [7, 11) is 0. The zero-order valence-electron chi connectivity index (χ0n) is 19.6. The van der Waals surface area contributed by atoms with Gasteiger partial charge in [-0.2, -0.15) is 0 Å². The number of nitrogens with zero attached hydrogens (tertiary/aromatic N) is 2.